The Balaban J connectivity index is 1.54. The van der Waals surface area contributed by atoms with E-state index in [9.17, 15) is 14.4 Å². The van der Waals surface area contributed by atoms with Crippen molar-refractivity contribution in [1.82, 2.24) is 9.80 Å². The normalized spacial score (nSPS) is 20.8. The Morgan fingerprint density at radius 1 is 1.35 bits per heavy atom. The highest BCUT2D eigenvalue weighted by Crippen LogP contribution is 2.21. The van der Waals surface area contributed by atoms with Crippen LogP contribution in [0.15, 0.2) is 24.3 Å². The van der Waals surface area contributed by atoms with Crippen LogP contribution >= 0.6 is 0 Å². The number of cyclic esters (lactones) is 1. The van der Waals surface area contributed by atoms with Crippen molar-refractivity contribution in [2.75, 3.05) is 26.3 Å². The van der Waals surface area contributed by atoms with E-state index in [-0.39, 0.29) is 31.1 Å². The van der Waals surface area contributed by atoms with Crippen LogP contribution in [0.1, 0.15) is 12.0 Å². The van der Waals surface area contributed by atoms with E-state index < -0.39 is 6.09 Å². The number of benzene rings is 1. The summed E-state index contributed by atoms with van der Waals surface area (Å²) in [6.07, 6.45) is -0.0535. The molecule has 0 radical (unpaired) electrons. The molecule has 1 atom stereocenters. The van der Waals surface area contributed by atoms with Crippen LogP contribution in [0.25, 0.3) is 0 Å². The van der Waals surface area contributed by atoms with Crippen molar-refractivity contribution in [1.29, 1.82) is 0 Å². The molecule has 23 heavy (non-hydrogen) atoms. The summed E-state index contributed by atoms with van der Waals surface area (Å²) in [5.74, 6) is 0.177. The monoisotopic (exact) mass is 318 g/mol. The third kappa shape index (κ3) is 3.13. The van der Waals surface area contributed by atoms with E-state index in [1.54, 1.807) is 4.90 Å². The zero-order valence-electron chi connectivity index (χ0n) is 12.9. The molecule has 122 valence electrons. The van der Waals surface area contributed by atoms with Gasteiger partial charge in [0.2, 0.25) is 0 Å². The minimum atomic E-state index is -0.620. The molecule has 0 spiro atoms. The maximum absolute atomic E-state index is 12.2. The Morgan fingerprint density at radius 3 is 2.83 bits per heavy atom. The topological polar surface area (TPSA) is 76.2 Å². The van der Waals surface area contributed by atoms with Gasteiger partial charge in [-0.15, -0.1) is 0 Å². The van der Waals surface area contributed by atoms with E-state index in [1.807, 2.05) is 31.2 Å². The first-order chi connectivity index (χ1) is 11.1. The Kier molecular flexibility index (Phi) is 4.18. The summed E-state index contributed by atoms with van der Waals surface area (Å²) in [6.45, 7) is 2.47. The number of hydrogen-bond donors (Lipinski definition) is 0. The van der Waals surface area contributed by atoms with Gasteiger partial charge in [0.05, 0.1) is 6.04 Å². The third-order valence-electron chi connectivity index (χ3n) is 4.11. The van der Waals surface area contributed by atoms with Crippen LogP contribution in [-0.4, -0.2) is 60.1 Å². The predicted molar refractivity (Wildman–Crippen MR) is 79.9 cm³/mol. The summed E-state index contributed by atoms with van der Waals surface area (Å²) in [5.41, 5.74) is 0.963. The van der Waals surface area contributed by atoms with Gasteiger partial charge >= 0.3 is 6.09 Å². The van der Waals surface area contributed by atoms with Crippen LogP contribution in [0.3, 0.4) is 0 Å². The second kappa shape index (κ2) is 6.28. The average Bonchev–Trinajstić information content (AvgIpc) is 3.13. The summed E-state index contributed by atoms with van der Waals surface area (Å²) in [4.78, 5) is 38.2. The Morgan fingerprint density at radius 2 is 2.13 bits per heavy atom. The highest BCUT2D eigenvalue weighted by atomic mass is 16.6. The number of para-hydroxylation sites is 1. The number of carbonyl (C=O) groups excluding carboxylic acids is 3. The molecule has 0 bridgehead atoms. The van der Waals surface area contributed by atoms with Gasteiger partial charge in [-0.1, -0.05) is 18.2 Å². The highest BCUT2D eigenvalue weighted by molar-refractivity contribution is 5.98. The molecule has 2 saturated heterocycles. The van der Waals surface area contributed by atoms with Gasteiger partial charge in [0.1, 0.15) is 5.75 Å². The first-order valence-corrected chi connectivity index (χ1v) is 7.51. The zero-order chi connectivity index (χ0) is 16.4. The molecule has 2 aliphatic heterocycles. The van der Waals surface area contributed by atoms with Crippen LogP contribution < -0.4 is 4.74 Å². The second-order valence-electron chi connectivity index (χ2n) is 5.65. The lowest BCUT2D eigenvalue weighted by atomic mass is 10.2. The van der Waals surface area contributed by atoms with E-state index in [2.05, 4.69) is 0 Å². The fourth-order valence-corrected chi connectivity index (χ4v) is 2.85. The number of likely N-dealkylation sites (tertiary alicyclic amines) is 1. The van der Waals surface area contributed by atoms with Crippen LogP contribution in [0.2, 0.25) is 0 Å². The number of ether oxygens (including phenoxy) is 2. The van der Waals surface area contributed by atoms with Gasteiger partial charge in [0, 0.05) is 13.1 Å². The van der Waals surface area contributed by atoms with Gasteiger partial charge in [-0.2, -0.15) is 0 Å². The molecule has 0 N–H and O–H groups in total. The van der Waals surface area contributed by atoms with Crippen molar-refractivity contribution < 1.29 is 23.9 Å². The number of nitrogens with zero attached hydrogens (tertiary/aromatic N) is 2. The molecule has 2 fully saturated rings. The summed E-state index contributed by atoms with van der Waals surface area (Å²) in [5, 5.41) is 0. The van der Waals surface area contributed by atoms with E-state index in [0.717, 1.165) is 10.5 Å². The van der Waals surface area contributed by atoms with Gasteiger partial charge in [-0.25, -0.2) is 9.69 Å². The Hall–Kier alpha value is -2.57. The molecule has 1 unspecified atom stereocenters. The third-order valence-corrected chi connectivity index (χ3v) is 4.11. The van der Waals surface area contributed by atoms with Crippen LogP contribution in [0, 0.1) is 6.92 Å². The van der Waals surface area contributed by atoms with Crippen molar-refractivity contribution in [3.8, 4) is 5.75 Å². The molecule has 2 aliphatic rings. The molecule has 0 aliphatic carbocycles. The smallest absolute Gasteiger partial charge is 0.417 e. The minimum absolute atomic E-state index is 0.0596. The van der Waals surface area contributed by atoms with Crippen molar-refractivity contribution >= 4 is 17.9 Å². The van der Waals surface area contributed by atoms with Crippen molar-refractivity contribution in [2.45, 2.75) is 19.4 Å². The van der Waals surface area contributed by atoms with Gasteiger partial charge in [0.25, 0.3) is 11.8 Å². The molecular formula is C16H18N2O5. The van der Waals surface area contributed by atoms with Gasteiger partial charge < -0.3 is 14.4 Å². The number of amides is 3. The van der Waals surface area contributed by atoms with E-state index in [4.69, 9.17) is 9.47 Å². The van der Waals surface area contributed by atoms with Gasteiger partial charge in [0.15, 0.2) is 13.2 Å². The number of hydrogen-bond acceptors (Lipinski definition) is 5. The number of aryl methyl sites for hydroxylation is 1. The van der Waals surface area contributed by atoms with Crippen molar-refractivity contribution in [3.63, 3.8) is 0 Å². The molecular weight excluding hydrogens is 300 g/mol. The van der Waals surface area contributed by atoms with Crippen molar-refractivity contribution in [2.24, 2.45) is 0 Å². The zero-order valence-corrected chi connectivity index (χ0v) is 12.9. The summed E-state index contributed by atoms with van der Waals surface area (Å²) >= 11 is 0. The lowest BCUT2D eigenvalue weighted by Crippen LogP contribution is -2.42. The Labute approximate surface area is 133 Å². The average molecular weight is 318 g/mol. The summed E-state index contributed by atoms with van der Waals surface area (Å²) < 4.78 is 10.3. The SMILES string of the molecule is Cc1ccccc1OCC(=O)N1CCC(N2C(=O)COC2=O)C1. The first kappa shape index (κ1) is 15.3. The molecule has 1 aromatic carbocycles. The van der Waals surface area contributed by atoms with Crippen molar-refractivity contribution in [3.05, 3.63) is 29.8 Å². The molecule has 3 amide bonds. The first-order valence-electron chi connectivity index (χ1n) is 7.51. The fraction of sp³-hybridized carbons (Fsp3) is 0.438. The molecule has 3 rings (SSSR count). The quantitative estimate of drug-likeness (QED) is 0.826. The molecule has 0 saturated carbocycles. The van der Waals surface area contributed by atoms with Gasteiger partial charge in [-0.3, -0.25) is 9.59 Å². The standard InChI is InChI=1S/C16H18N2O5/c1-11-4-2-3-5-13(11)22-9-14(19)17-7-6-12(8-17)18-15(20)10-23-16(18)21/h2-5,12H,6-10H2,1H3. The number of rotatable bonds is 4. The van der Waals surface area contributed by atoms with E-state index in [1.165, 1.54) is 0 Å². The Bertz CT molecular complexity index is 629. The molecule has 2 heterocycles. The summed E-state index contributed by atoms with van der Waals surface area (Å²) in [6, 6.07) is 7.18. The maximum atomic E-state index is 12.2. The number of carbonyl (C=O) groups is 3. The second-order valence-corrected chi connectivity index (χ2v) is 5.65. The minimum Gasteiger partial charge on any atom is -0.484 e. The lowest BCUT2D eigenvalue weighted by Gasteiger charge is -2.20. The van der Waals surface area contributed by atoms with E-state index in [0.29, 0.717) is 25.3 Å². The molecule has 7 heteroatoms. The largest absolute Gasteiger partial charge is 0.484 e. The molecule has 0 aromatic heterocycles. The molecule has 1 aromatic rings. The fourth-order valence-electron chi connectivity index (χ4n) is 2.85. The maximum Gasteiger partial charge on any atom is 0.417 e. The predicted octanol–water partition coefficient (Wildman–Crippen LogP) is 0.954. The highest BCUT2D eigenvalue weighted by Gasteiger charge is 2.41. The van der Waals surface area contributed by atoms with Gasteiger partial charge in [-0.05, 0) is 25.0 Å². The molecule has 7 nitrogen and oxygen atoms in total. The van der Waals surface area contributed by atoms with Crippen LogP contribution in [-0.2, 0) is 14.3 Å². The van der Waals surface area contributed by atoms with Crippen LogP contribution in [0.4, 0.5) is 4.79 Å². The van der Waals surface area contributed by atoms with Crippen LogP contribution in [0.5, 0.6) is 5.75 Å². The number of imide groups is 1. The lowest BCUT2D eigenvalue weighted by molar-refractivity contribution is -0.133. The van der Waals surface area contributed by atoms with E-state index >= 15 is 0 Å². The summed E-state index contributed by atoms with van der Waals surface area (Å²) in [7, 11) is 0.